The van der Waals surface area contributed by atoms with E-state index in [1.54, 1.807) is 0 Å². The number of aliphatic hydroxyl groups is 1. The van der Waals surface area contributed by atoms with Gasteiger partial charge in [0.2, 0.25) is 0 Å². The van der Waals surface area contributed by atoms with E-state index < -0.39 is 0 Å². The molecule has 0 heterocycles. The minimum absolute atomic E-state index is 0.0615. The Morgan fingerprint density at radius 3 is 2.36 bits per heavy atom. The van der Waals surface area contributed by atoms with Crippen LogP contribution in [0.2, 0.25) is 0 Å². The maximum absolute atomic E-state index is 9.94. The molecule has 0 saturated heterocycles. The Morgan fingerprint density at radius 2 is 1.59 bits per heavy atom. The molecule has 2 nitrogen and oxygen atoms in total. The highest BCUT2D eigenvalue weighted by Crippen LogP contribution is 2.41. The SMILES string of the molecule is CCCCCCCCCCOC1CCCC2CCC(O)CC21. The van der Waals surface area contributed by atoms with E-state index in [0.717, 1.165) is 25.4 Å². The van der Waals surface area contributed by atoms with Crippen LogP contribution in [-0.2, 0) is 4.74 Å². The molecule has 22 heavy (non-hydrogen) atoms. The van der Waals surface area contributed by atoms with Crippen molar-refractivity contribution in [2.24, 2.45) is 11.8 Å². The van der Waals surface area contributed by atoms with E-state index in [4.69, 9.17) is 4.74 Å². The summed E-state index contributed by atoms with van der Waals surface area (Å²) in [4.78, 5) is 0. The van der Waals surface area contributed by atoms with E-state index in [-0.39, 0.29) is 6.10 Å². The predicted octanol–water partition coefficient (Wildman–Crippen LogP) is 5.47. The standard InChI is InChI=1S/C20H38O2/c1-2-3-4-5-6-7-8-9-15-22-20-12-10-11-17-13-14-18(21)16-19(17)20/h17-21H,2-16H2,1H3. The molecule has 0 amide bonds. The van der Waals surface area contributed by atoms with E-state index in [2.05, 4.69) is 6.92 Å². The summed E-state index contributed by atoms with van der Waals surface area (Å²) in [7, 11) is 0. The third-order valence-electron chi connectivity index (χ3n) is 5.89. The zero-order valence-corrected chi connectivity index (χ0v) is 14.8. The van der Waals surface area contributed by atoms with Gasteiger partial charge in [-0.15, -0.1) is 0 Å². The van der Waals surface area contributed by atoms with Gasteiger partial charge < -0.3 is 9.84 Å². The summed E-state index contributed by atoms with van der Waals surface area (Å²) >= 11 is 0. The number of ether oxygens (including phenoxy) is 1. The second-order valence-corrected chi connectivity index (χ2v) is 7.71. The lowest BCUT2D eigenvalue weighted by Crippen LogP contribution is -2.40. The number of fused-ring (bicyclic) bond motifs is 1. The van der Waals surface area contributed by atoms with Crippen LogP contribution in [0.15, 0.2) is 0 Å². The first-order chi connectivity index (χ1) is 10.8. The molecular formula is C20H38O2. The highest BCUT2D eigenvalue weighted by atomic mass is 16.5. The molecule has 0 aromatic carbocycles. The van der Waals surface area contributed by atoms with E-state index in [9.17, 15) is 5.11 Å². The van der Waals surface area contributed by atoms with Crippen LogP contribution < -0.4 is 0 Å². The summed E-state index contributed by atoms with van der Waals surface area (Å²) in [6.45, 7) is 3.22. The molecule has 130 valence electrons. The molecule has 0 aromatic rings. The molecule has 2 aliphatic rings. The number of rotatable bonds is 10. The van der Waals surface area contributed by atoms with Gasteiger partial charge in [0.15, 0.2) is 0 Å². The van der Waals surface area contributed by atoms with Gasteiger partial charge in [-0.05, 0) is 50.4 Å². The number of hydrogen-bond donors (Lipinski definition) is 1. The molecule has 0 spiro atoms. The van der Waals surface area contributed by atoms with Crippen molar-refractivity contribution in [1.29, 1.82) is 0 Å². The van der Waals surface area contributed by atoms with Crippen LogP contribution in [0.4, 0.5) is 0 Å². The molecule has 2 heteroatoms. The van der Waals surface area contributed by atoms with E-state index in [1.165, 1.54) is 77.0 Å². The molecule has 4 unspecified atom stereocenters. The summed E-state index contributed by atoms with van der Waals surface area (Å²) in [6.07, 6.45) is 18.5. The van der Waals surface area contributed by atoms with Crippen LogP contribution in [0, 0.1) is 11.8 Å². The highest BCUT2D eigenvalue weighted by Gasteiger charge is 2.37. The third-order valence-corrected chi connectivity index (χ3v) is 5.89. The lowest BCUT2D eigenvalue weighted by Gasteiger charge is -2.42. The summed E-state index contributed by atoms with van der Waals surface area (Å²) in [5.41, 5.74) is 0. The maximum Gasteiger partial charge on any atom is 0.0606 e. The molecule has 0 bridgehead atoms. The molecule has 0 aromatic heterocycles. The molecule has 2 saturated carbocycles. The zero-order valence-electron chi connectivity index (χ0n) is 14.8. The minimum atomic E-state index is -0.0615. The molecule has 0 radical (unpaired) electrons. The Labute approximate surface area is 138 Å². The summed E-state index contributed by atoms with van der Waals surface area (Å²) in [6, 6.07) is 0. The fourth-order valence-corrected chi connectivity index (χ4v) is 4.53. The Morgan fingerprint density at radius 1 is 0.864 bits per heavy atom. The fraction of sp³-hybridized carbons (Fsp3) is 1.00. The van der Waals surface area contributed by atoms with Gasteiger partial charge in [-0.2, -0.15) is 0 Å². The molecule has 1 N–H and O–H groups in total. The summed E-state index contributed by atoms with van der Waals surface area (Å²) in [5, 5.41) is 9.94. The number of unbranched alkanes of at least 4 members (excludes halogenated alkanes) is 7. The average Bonchev–Trinajstić information content (AvgIpc) is 2.53. The van der Waals surface area contributed by atoms with Crippen LogP contribution in [0.1, 0.15) is 96.8 Å². The largest absolute Gasteiger partial charge is 0.393 e. The van der Waals surface area contributed by atoms with E-state index in [0.29, 0.717) is 12.0 Å². The Kier molecular flexibility index (Phi) is 8.84. The third kappa shape index (κ3) is 6.20. The summed E-state index contributed by atoms with van der Waals surface area (Å²) in [5.74, 6) is 1.48. The normalized spacial score (nSPS) is 31.9. The Balaban J connectivity index is 1.52. The zero-order chi connectivity index (χ0) is 15.6. The van der Waals surface area contributed by atoms with E-state index in [1.807, 2.05) is 0 Å². The van der Waals surface area contributed by atoms with Gasteiger partial charge in [0.25, 0.3) is 0 Å². The topological polar surface area (TPSA) is 29.5 Å². The van der Waals surface area contributed by atoms with Crippen molar-refractivity contribution < 1.29 is 9.84 Å². The molecule has 2 aliphatic carbocycles. The first kappa shape index (κ1) is 18.3. The second-order valence-electron chi connectivity index (χ2n) is 7.71. The van der Waals surface area contributed by atoms with Crippen molar-refractivity contribution in [2.75, 3.05) is 6.61 Å². The Bertz CT molecular complexity index is 279. The monoisotopic (exact) mass is 310 g/mol. The lowest BCUT2D eigenvalue weighted by molar-refractivity contribution is -0.0701. The minimum Gasteiger partial charge on any atom is -0.393 e. The lowest BCUT2D eigenvalue weighted by atomic mass is 9.68. The first-order valence-electron chi connectivity index (χ1n) is 10.1. The van der Waals surface area contributed by atoms with Crippen LogP contribution in [0.3, 0.4) is 0 Å². The molecular weight excluding hydrogens is 272 g/mol. The van der Waals surface area contributed by atoms with Gasteiger partial charge in [-0.1, -0.05) is 58.3 Å². The van der Waals surface area contributed by atoms with Crippen molar-refractivity contribution in [2.45, 2.75) is 109 Å². The Hall–Kier alpha value is -0.0800. The maximum atomic E-state index is 9.94. The van der Waals surface area contributed by atoms with E-state index >= 15 is 0 Å². The van der Waals surface area contributed by atoms with Crippen LogP contribution in [0.25, 0.3) is 0 Å². The van der Waals surface area contributed by atoms with Gasteiger partial charge in [0.1, 0.15) is 0 Å². The van der Waals surface area contributed by atoms with Crippen molar-refractivity contribution in [1.82, 2.24) is 0 Å². The van der Waals surface area contributed by atoms with Gasteiger partial charge >= 0.3 is 0 Å². The molecule has 2 fully saturated rings. The van der Waals surface area contributed by atoms with Crippen LogP contribution >= 0.6 is 0 Å². The van der Waals surface area contributed by atoms with Crippen molar-refractivity contribution >= 4 is 0 Å². The predicted molar refractivity (Wildman–Crippen MR) is 93.0 cm³/mol. The molecule has 2 rings (SSSR count). The molecule has 4 atom stereocenters. The second kappa shape index (κ2) is 10.6. The smallest absolute Gasteiger partial charge is 0.0606 e. The van der Waals surface area contributed by atoms with Crippen LogP contribution in [0.5, 0.6) is 0 Å². The van der Waals surface area contributed by atoms with Crippen molar-refractivity contribution in [3.63, 3.8) is 0 Å². The quantitative estimate of drug-likeness (QED) is 0.542. The first-order valence-corrected chi connectivity index (χ1v) is 10.1. The van der Waals surface area contributed by atoms with Gasteiger partial charge in [-0.25, -0.2) is 0 Å². The number of hydrogen-bond acceptors (Lipinski definition) is 2. The van der Waals surface area contributed by atoms with Crippen molar-refractivity contribution in [3.8, 4) is 0 Å². The van der Waals surface area contributed by atoms with Gasteiger partial charge in [0.05, 0.1) is 12.2 Å². The summed E-state index contributed by atoms with van der Waals surface area (Å²) < 4.78 is 6.23. The fourth-order valence-electron chi connectivity index (χ4n) is 4.53. The van der Waals surface area contributed by atoms with Crippen molar-refractivity contribution in [3.05, 3.63) is 0 Å². The average molecular weight is 311 g/mol. The van der Waals surface area contributed by atoms with Gasteiger partial charge in [-0.3, -0.25) is 0 Å². The number of aliphatic hydroxyl groups excluding tert-OH is 1. The van der Waals surface area contributed by atoms with Crippen LogP contribution in [-0.4, -0.2) is 23.9 Å². The molecule has 0 aliphatic heterocycles. The van der Waals surface area contributed by atoms with Gasteiger partial charge in [0, 0.05) is 6.61 Å². The highest BCUT2D eigenvalue weighted by molar-refractivity contribution is 4.88.